The Hall–Kier alpha value is -1.44. The highest BCUT2D eigenvalue weighted by Crippen LogP contribution is 2.18. The number of carbonyl (C=O) groups is 1. The Kier molecular flexibility index (Phi) is 6.23. The summed E-state index contributed by atoms with van der Waals surface area (Å²) >= 11 is 0. The predicted octanol–water partition coefficient (Wildman–Crippen LogP) is 0.351. The molecule has 1 atom stereocenters. The van der Waals surface area contributed by atoms with E-state index in [9.17, 15) is 4.79 Å². The molecule has 1 saturated heterocycles. The molecule has 24 heavy (non-hydrogen) atoms. The number of piperidine rings is 1. The minimum absolute atomic E-state index is 0.0940. The minimum atomic E-state index is -0.105. The van der Waals surface area contributed by atoms with Gasteiger partial charge >= 0.3 is 0 Å². The van der Waals surface area contributed by atoms with E-state index in [0.717, 1.165) is 50.8 Å². The number of hydrogen-bond donors (Lipinski definition) is 2. The third-order valence-corrected chi connectivity index (χ3v) is 4.80. The van der Waals surface area contributed by atoms with Crippen molar-refractivity contribution in [2.45, 2.75) is 38.9 Å². The molecule has 2 N–H and O–H groups in total. The normalized spacial score (nSPS) is 22.0. The maximum absolute atomic E-state index is 11.5. The van der Waals surface area contributed by atoms with E-state index >= 15 is 0 Å². The number of ether oxygens (including phenoxy) is 1. The average Bonchev–Trinajstić information content (AvgIpc) is 2.86. The van der Waals surface area contributed by atoms with E-state index in [1.807, 2.05) is 0 Å². The van der Waals surface area contributed by atoms with E-state index in [1.54, 1.807) is 0 Å². The Morgan fingerprint density at radius 3 is 3.17 bits per heavy atom. The van der Waals surface area contributed by atoms with Gasteiger partial charge in [0.25, 0.3) is 0 Å². The molecule has 134 valence electrons. The number of aromatic nitrogens is 2. The van der Waals surface area contributed by atoms with E-state index in [2.05, 4.69) is 31.4 Å². The van der Waals surface area contributed by atoms with Gasteiger partial charge in [-0.2, -0.15) is 5.10 Å². The highest BCUT2D eigenvalue weighted by atomic mass is 16.5. The molecule has 0 spiro atoms. The van der Waals surface area contributed by atoms with Crippen LogP contribution in [0.15, 0.2) is 6.07 Å². The highest BCUT2D eigenvalue weighted by molar-refractivity contribution is 5.77. The van der Waals surface area contributed by atoms with Gasteiger partial charge in [0, 0.05) is 33.3 Å². The summed E-state index contributed by atoms with van der Waals surface area (Å²) in [6.07, 6.45) is 3.76. The SMILES string of the molecule is COCC(=O)NCc1cc2n(n1)CCCN(C[C@H]1CCCNC1)C2. The predicted molar refractivity (Wildman–Crippen MR) is 91.4 cm³/mol. The third-order valence-electron chi connectivity index (χ3n) is 4.80. The maximum atomic E-state index is 11.5. The molecule has 0 aliphatic carbocycles. The van der Waals surface area contributed by atoms with E-state index in [0.29, 0.717) is 6.54 Å². The summed E-state index contributed by atoms with van der Waals surface area (Å²) in [4.78, 5) is 14.1. The number of hydrogen-bond acceptors (Lipinski definition) is 5. The van der Waals surface area contributed by atoms with E-state index in [-0.39, 0.29) is 12.5 Å². The van der Waals surface area contributed by atoms with Crippen molar-refractivity contribution in [2.75, 3.05) is 39.9 Å². The topological polar surface area (TPSA) is 71.4 Å². The molecule has 0 aromatic carbocycles. The van der Waals surface area contributed by atoms with Crippen LogP contribution in [0.2, 0.25) is 0 Å². The molecule has 7 nitrogen and oxygen atoms in total. The van der Waals surface area contributed by atoms with Crippen LogP contribution in [0.25, 0.3) is 0 Å². The Bertz CT molecular complexity index is 539. The van der Waals surface area contributed by atoms with Crippen molar-refractivity contribution in [3.63, 3.8) is 0 Å². The van der Waals surface area contributed by atoms with Gasteiger partial charge in [-0.3, -0.25) is 14.4 Å². The van der Waals surface area contributed by atoms with Crippen molar-refractivity contribution < 1.29 is 9.53 Å². The van der Waals surface area contributed by atoms with Gasteiger partial charge in [-0.15, -0.1) is 0 Å². The Balaban J connectivity index is 1.55. The van der Waals surface area contributed by atoms with Crippen LogP contribution in [0.1, 0.15) is 30.7 Å². The van der Waals surface area contributed by atoms with Crippen molar-refractivity contribution in [2.24, 2.45) is 5.92 Å². The Morgan fingerprint density at radius 1 is 1.46 bits per heavy atom. The molecule has 1 aromatic rings. The van der Waals surface area contributed by atoms with E-state index < -0.39 is 0 Å². The smallest absolute Gasteiger partial charge is 0.246 e. The summed E-state index contributed by atoms with van der Waals surface area (Å²) in [7, 11) is 1.52. The lowest BCUT2D eigenvalue weighted by molar-refractivity contribution is -0.124. The summed E-state index contributed by atoms with van der Waals surface area (Å²) in [5.74, 6) is 0.660. The molecule has 3 heterocycles. The number of methoxy groups -OCH3 is 1. The Morgan fingerprint density at radius 2 is 2.38 bits per heavy atom. The lowest BCUT2D eigenvalue weighted by Gasteiger charge is -2.29. The van der Waals surface area contributed by atoms with Crippen LogP contribution >= 0.6 is 0 Å². The van der Waals surface area contributed by atoms with Crippen molar-refractivity contribution in [1.29, 1.82) is 0 Å². The van der Waals surface area contributed by atoms with Gasteiger partial charge in [0.1, 0.15) is 6.61 Å². The molecule has 1 fully saturated rings. The van der Waals surface area contributed by atoms with Crippen LogP contribution in [0.3, 0.4) is 0 Å². The van der Waals surface area contributed by atoms with Gasteiger partial charge in [0.2, 0.25) is 5.91 Å². The second-order valence-electron chi connectivity index (χ2n) is 6.86. The maximum Gasteiger partial charge on any atom is 0.246 e. The molecular formula is C17H29N5O2. The van der Waals surface area contributed by atoms with Gasteiger partial charge in [0.15, 0.2) is 0 Å². The standard InChI is InChI=1S/C17H29N5O2/c1-24-13-17(23)19-10-15-8-16-12-21(6-3-7-22(16)20-15)11-14-4-2-5-18-9-14/h8,14,18H,2-7,9-13H2,1H3,(H,19,23)/t14-/m0/s1. The first-order valence-electron chi connectivity index (χ1n) is 8.99. The van der Waals surface area contributed by atoms with Crippen molar-refractivity contribution in [3.05, 3.63) is 17.5 Å². The first-order chi connectivity index (χ1) is 11.7. The highest BCUT2D eigenvalue weighted by Gasteiger charge is 2.21. The molecule has 1 aromatic heterocycles. The fraction of sp³-hybridized carbons (Fsp3) is 0.765. The molecule has 0 saturated carbocycles. The number of amides is 1. The zero-order chi connectivity index (χ0) is 16.8. The van der Waals surface area contributed by atoms with Crippen LogP contribution in [0.5, 0.6) is 0 Å². The van der Waals surface area contributed by atoms with Gasteiger partial charge < -0.3 is 15.4 Å². The molecule has 0 bridgehead atoms. The molecule has 0 unspecified atom stereocenters. The number of rotatable bonds is 6. The second-order valence-corrected chi connectivity index (χ2v) is 6.86. The average molecular weight is 335 g/mol. The van der Waals surface area contributed by atoms with Crippen LogP contribution in [0.4, 0.5) is 0 Å². The van der Waals surface area contributed by atoms with E-state index in [4.69, 9.17) is 4.74 Å². The summed E-state index contributed by atoms with van der Waals surface area (Å²) in [5.41, 5.74) is 2.18. The number of carbonyl (C=O) groups excluding carboxylic acids is 1. The quantitative estimate of drug-likeness (QED) is 0.785. The number of fused-ring (bicyclic) bond motifs is 1. The van der Waals surface area contributed by atoms with Crippen LogP contribution in [-0.4, -0.2) is 60.5 Å². The molecule has 0 radical (unpaired) electrons. The van der Waals surface area contributed by atoms with Crippen molar-refractivity contribution in [1.82, 2.24) is 25.3 Å². The molecule has 7 heteroatoms. The van der Waals surface area contributed by atoms with Gasteiger partial charge in [0.05, 0.1) is 17.9 Å². The van der Waals surface area contributed by atoms with Crippen LogP contribution in [0, 0.1) is 5.92 Å². The van der Waals surface area contributed by atoms with Gasteiger partial charge in [-0.05, 0) is 44.3 Å². The van der Waals surface area contributed by atoms with Crippen molar-refractivity contribution >= 4 is 5.91 Å². The lowest BCUT2D eigenvalue weighted by atomic mass is 9.99. The molecule has 2 aliphatic heterocycles. The van der Waals surface area contributed by atoms with Crippen LogP contribution in [-0.2, 0) is 29.2 Å². The summed E-state index contributed by atoms with van der Waals surface area (Å²) < 4.78 is 6.93. The number of nitrogens with zero attached hydrogens (tertiary/aromatic N) is 3. The van der Waals surface area contributed by atoms with Gasteiger partial charge in [-0.1, -0.05) is 0 Å². The summed E-state index contributed by atoms with van der Waals surface area (Å²) in [6.45, 7) is 7.09. The van der Waals surface area contributed by atoms with E-state index in [1.165, 1.54) is 32.2 Å². The van der Waals surface area contributed by atoms with Crippen LogP contribution < -0.4 is 10.6 Å². The molecular weight excluding hydrogens is 306 g/mol. The first kappa shape index (κ1) is 17.4. The molecule has 1 amide bonds. The number of aryl methyl sites for hydroxylation is 1. The zero-order valence-corrected chi connectivity index (χ0v) is 14.6. The fourth-order valence-corrected chi connectivity index (χ4v) is 3.65. The first-order valence-corrected chi connectivity index (χ1v) is 8.99. The summed E-state index contributed by atoms with van der Waals surface area (Å²) in [5, 5.41) is 11.0. The second kappa shape index (κ2) is 8.60. The Labute approximate surface area is 143 Å². The van der Waals surface area contributed by atoms with Gasteiger partial charge in [-0.25, -0.2) is 0 Å². The third kappa shape index (κ3) is 4.78. The van der Waals surface area contributed by atoms with Crippen molar-refractivity contribution in [3.8, 4) is 0 Å². The summed E-state index contributed by atoms with van der Waals surface area (Å²) in [6, 6.07) is 2.13. The lowest BCUT2D eigenvalue weighted by Crippen LogP contribution is -2.38. The zero-order valence-electron chi connectivity index (χ0n) is 14.6. The monoisotopic (exact) mass is 335 g/mol. The largest absolute Gasteiger partial charge is 0.375 e. The minimum Gasteiger partial charge on any atom is -0.375 e. The molecule has 2 aliphatic rings. The molecule has 3 rings (SSSR count). The fourth-order valence-electron chi connectivity index (χ4n) is 3.65. The number of nitrogens with one attached hydrogen (secondary N) is 2.